The van der Waals surface area contributed by atoms with Crippen molar-refractivity contribution < 1.29 is 19.1 Å². The molecule has 9 heteroatoms. The van der Waals surface area contributed by atoms with Gasteiger partial charge in [-0.05, 0) is 48.5 Å². The fourth-order valence-electron chi connectivity index (χ4n) is 2.33. The van der Waals surface area contributed by atoms with Gasteiger partial charge in [0, 0.05) is 18.5 Å². The van der Waals surface area contributed by atoms with Gasteiger partial charge in [0.1, 0.15) is 5.75 Å². The molecule has 158 valence electrons. The zero-order valence-corrected chi connectivity index (χ0v) is 17.4. The van der Waals surface area contributed by atoms with E-state index in [-0.39, 0.29) is 30.5 Å². The Morgan fingerprint density at radius 1 is 0.867 bits per heavy atom. The summed E-state index contributed by atoms with van der Waals surface area (Å²) >= 11 is 4.94. The van der Waals surface area contributed by atoms with Crippen molar-refractivity contribution in [3.8, 4) is 5.75 Å². The lowest BCUT2D eigenvalue weighted by Crippen LogP contribution is -2.49. The molecular formula is C21H24N4O4S. The molecule has 0 aromatic heterocycles. The number of amides is 3. The third kappa shape index (κ3) is 8.70. The number of rotatable bonds is 8. The highest BCUT2D eigenvalue weighted by Gasteiger charge is 2.09. The number of hydrogen-bond acceptors (Lipinski definition) is 5. The summed E-state index contributed by atoms with van der Waals surface area (Å²) in [5, 5.41) is 5.00. The number of anilines is 1. The molecule has 0 aliphatic rings. The fraction of sp³-hybridized carbons (Fsp3) is 0.238. The van der Waals surface area contributed by atoms with Crippen molar-refractivity contribution in [1.82, 2.24) is 16.2 Å². The smallest absolute Gasteiger partial charge is 0.264 e. The van der Waals surface area contributed by atoms with E-state index < -0.39 is 11.8 Å². The van der Waals surface area contributed by atoms with E-state index in [2.05, 4.69) is 28.4 Å². The number of carbonyl (C=O) groups is 3. The monoisotopic (exact) mass is 428 g/mol. The van der Waals surface area contributed by atoms with Crippen molar-refractivity contribution in [3.05, 3.63) is 60.2 Å². The summed E-state index contributed by atoms with van der Waals surface area (Å²) in [7, 11) is 0. The molecule has 0 heterocycles. The molecule has 0 atom stereocenters. The van der Waals surface area contributed by atoms with Gasteiger partial charge in [-0.25, -0.2) is 0 Å². The number of nitrogens with one attached hydrogen (secondary N) is 4. The van der Waals surface area contributed by atoms with Gasteiger partial charge < -0.3 is 10.1 Å². The van der Waals surface area contributed by atoms with Crippen LogP contribution in [0.25, 0.3) is 0 Å². The van der Waals surface area contributed by atoms with Crippen LogP contribution in [0.5, 0.6) is 5.75 Å². The van der Waals surface area contributed by atoms with Crippen LogP contribution in [0.2, 0.25) is 0 Å². The molecule has 3 amide bonds. The van der Waals surface area contributed by atoms with Gasteiger partial charge in [0.05, 0.1) is 0 Å². The first-order chi connectivity index (χ1) is 14.5. The molecule has 0 unspecified atom stereocenters. The first-order valence-electron chi connectivity index (χ1n) is 9.41. The standard InChI is InChI=1S/C21H24N4O4S/c1-2-15-8-10-17(11-9-15)29-14-20(28)23-21(30)25-24-19(27)13-12-18(26)22-16-6-4-3-5-7-16/h3-11H,2,12-14H2,1H3,(H,22,26)(H,24,27)(H2,23,25,28,30). The Kier molecular flexibility index (Phi) is 9.26. The molecule has 0 fully saturated rings. The van der Waals surface area contributed by atoms with Crippen molar-refractivity contribution >= 4 is 40.7 Å². The predicted molar refractivity (Wildman–Crippen MR) is 118 cm³/mol. The minimum Gasteiger partial charge on any atom is -0.484 e. The Morgan fingerprint density at radius 2 is 1.53 bits per heavy atom. The van der Waals surface area contributed by atoms with Crippen molar-refractivity contribution in [2.24, 2.45) is 0 Å². The lowest BCUT2D eigenvalue weighted by molar-refractivity contribution is -0.125. The second kappa shape index (κ2) is 12.2. The molecule has 8 nitrogen and oxygen atoms in total. The third-order valence-corrected chi connectivity index (χ3v) is 4.11. The number of benzene rings is 2. The zero-order chi connectivity index (χ0) is 21.8. The highest BCUT2D eigenvalue weighted by molar-refractivity contribution is 7.80. The van der Waals surface area contributed by atoms with Crippen molar-refractivity contribution in [3.63, 3.8) is 0 Å². The first kappa shape index (κ1) is 22.8. The Hall–Kier alpha value is -3.46. The van der Waals surface area contributed by atoms with E-state index in [1.54, 1.807) is 36.4 Å². The zero-order valence-electron chi connectivity index (χ0n) is 16.6. The van der Waals surface area contributed by atoms with Crippen LogP contribution in [0.3, 0.4) is 0 Å². The van der Waals surface area contributed by atoms with Gasteiger partial charge >= 0.3 is 0 Å². The van der Waals surface area contributed by atoms with Crippen LogP contribution >= 0.6 is 12.2 Å². The van der Waals surface area contributed by atoms with E-state index in [4.69, 9.17) is 17.0 Å². The number of carbonyl (C=O) groups excluding carboxylic acids is 3. The normalized spacial score (nSPS) is 9.90. The van der Waals surface area contributed by atoms with E-state index in [1.165, 1.54) is 5.56 Å². The second-order valence-corrected chi connectivity index (χ2v) is 6.66. The maximum absolute atomic E-state index is 11.9. The van der Waals surface area contributed by atoms with E-state index in [0.29, 0.717) is 11.4 Å². The molecule has 2 aromatic rings. The fourth-order valence-corrected chi connectivity index (χ4v) is 2.49. The molecule has 0 spiro atoms. The average Bonchev–Trinajstić information content (AvgIpc) is 2.76. The first-order valence-corrected chi connectivity index (χ1v) is 9.82. The third-order valence-electron chi connectivity index (χ3n) is 3.91. The summed E-state index contributed by atoms with van der Waals surface area (Å²) in [5.74, 6) is -0.620. The van der Waals surface area contributed by atoms with E-state index in [9.17, 15) is 14.4 Å². The number of ether oxygens (including phenoxy) is 1. The Morgan fingerprint density at radius 3 is 2.20 bits per heavy atom. The van der Waals surface area contributed by atoms with Crippen LogP contribution in [-0.4, -0.2) is 29.4 Å². The Balaban J connectivity index is 1.60. The molecule has 0 saturated carbocycles. The topological polar surface area (TPSA) is 109 Å². The summed E-state index contributed by atoms with van der Waals surface area (Å²) in [6, 6.07) is 16.4. The lowest BCUT2D eigenvalue weighted by atomic mass is 10.2. The molecule has 30 heavy (non-hydrogen) atoms. The van der Waals surface area contributed by atoms with E-state index >= 15 is 0 Å². The quantitative estimate of drug-likeness (QED) is 0.379. The minimum absolute atomic E-state index is 0.00614. The average molecular weight is 429 g/mol. The molecule has 0 aliphatic heterocycles. The van der Waals surface area contributed by atoms with E-state index in [1.807, 2.05) is 18.2 Å². The summed E-state index contributed by atoms with van der Waals surface area (Å²) in [6.45, 7) is 1.83. The molecule has 0 saturated heterocycles. The number of hydrazine groups is 1. The molecule has 2 rings (SSSR count). The molecular weight excluding hydrogens is 404 g/mol. The Labute approximate surface area is 180 Å². The van der Waals surface area contributed by atoms with Gasteiger partial charge in [0.2, 0.25) is 11.8 Å². The lowest BCUT2D eigenvalue weighted by Gasteiger charge is -2.11. The van der Waals surface area contributed by atoms with Crippen molar-refractivity contribution in [1.29, 1.82) is 0 Å². The molecule has 0 aliphatic carbocycles. The van der Waals surface area contributed by atoms with Crippen LogP contribution in [0.15, 0.2) is 54.6 Å². The number of para-hydroxylation sites is 1. The second-order valence-electron chi connectivity index (χ2n) is 6.25. The van der Waals surface area contributed by atoms with Gasteiger partial charge in [-0.1, -0.05) is 37.3 Å². The maximum Gasteiger partial charge on any atom is 0.264 e. The summed E-state index contributed by atoms with van der Waals surface area (Å²) < 4.78 is 5.38. The minimum atomic E-state index is -0.469. The van der Waals surface area contributed by atoms with Gasteiger partial charge in [-0.2, -0.15) is 0 Å². The Bertz CT molecular complexity index is 872. The SMILES string of the molecule is CCc1ccc(OCC(=O)NC(=S)NNC(=O)CCC(=O)Nc2ccccc2)cc1. The van der Waals surface area contributed by atoms with E-state index in [0.717, 1.165) is 6.42 Å². The van der Waals surface area contributed by atoms with Crippen LogP contribution in [-0.2, 0) is 20.8 Å². The van der Waals surface area contributed by atoms with Crippen LogP contribution in [0.1, 0.15) is 25.3 Å². The van der Waals surface area contributed by atoms with Crippen LogP contribution < -0.4 is 26.2 Å². The largest absolute Gasteiger partial charge is 0.484 e. The number of aryl methyl sites for hydroxylation is 1. The van der Waals surface area contributed by atoms with Gasteiger partial charge in [0.15, 0.2) is 11.7 Å². The molecule has 0 bridgehead atoms. The number of thiocarbonyl (C=S) groups is 1. The summed E-state index contributed by atoms with van der Waals surface area (Å²) in [6.07, 6.45) is 0.884. The number of hydrogen-bond donors (Lipinski definition) is 4. The van der Waals surface area contributed by atoms with Gasteiger partial charge in [-0.15, -0.1) is 0 Å². The van der Waals surface area contributed by atoms with Gasteiger partial charge in [0.25, 0.3) is 5.91 Å². The molecule has 2 aromatic carbocycles. The predicted octanol–water partition coefficient (Wildman–Crippen LogP) is 2.07. The highest BCUT2D eigenvalue weighted by Crippen LogP contribution is 2.12. The van der Waals surface area contributed by atoms with Crippen molar-refractivity contribution in [2.75, 3.05) is 11.9 Å². The van der Waals surface area contributed by atoms with Crippen molar-refractivity contribution in [2.45, 2.75) is 26.2 Å². The van der Waals surface area contributed by atoms with Crippen LogP contribution in [0, 0.1) is 0 Å². The van der Waals surface area contributed by atoms with Gasteiger partial charge in [-0.3, -0.25) is 30.6 Å². The van der Waals surface area contributed by atoms with Crippen LogP contribution in [0.4, 0.5) is 5.69 Å². The highest BCUT2D eigenvalue weighted by atomic mass is 32.1. The molecule has 4 N–H and O–H groups in total. The molecule has 0 radical (unpaired) electrons. The maximum atomic E-state index is 11.9. The summed E-state index contributed by atoms with van der Waals surface area (Å²) in [4.78, 5) is 35.5. The summed E-state index contributed by atoms with van der Waals surface area (Å²) in [5.41, 5.74) is 6.57.